The average molecular weight is 193 g/mol. The first-order chi connectivity index (χ1) is 6.79. The summed E-state index contributed by atoms with van der Waals surface area (Å²) < 4.78 is 0. The number of nitrogen functional groups attached to an aromatic ring is 1. The molecule has 1 aromatic rings. The second kappa shape index (κ2) is 3.79. The van der Waals surface area contributed by atoms with Crippen LogP contribution >= 0.6 is 0 Å². The van der Waals surface area contributed by atoms with Gasteiger partial charge in [-0.15, -0.1) is 0 Å². The van der Waals surface area contributed by atoms with E-state index in [-0.39, 0.29) is 0 Å². The van der Waals surface area contributed by atoms with E-state index in [2.05, 4.69) is 20.7 Å². The number of nitrogens with zero attached hydrogens (tertiary/aromatic N) is 2. The van der Waals surface area contributed by atoms with Crippen LogP contribution in [0.1, 0.15) is 18.4 Å². The molecule has 0 spiro atoms. The van der Waals surface area contributed by atoms with E-state index in [0.717, 1.165) is 23.8 Å². The molecule has 0 unspecified atom stereocenters. The van der Waals surface area contributed by atoms with Gasteiger partial charge in [-0.05, 0) is 25.7 Å². The van der Waals surface area contributed by atoms with Crippen molar-refractivity contribution in [3.8, 4) is 0 Å². The Hall–Kier alpha value is -1.36. The summed E-state index contributed by atoms with van der Waals surface area (Å²) in [7, 11) is 0. The maximum atomic E-state index is 5.23. The van der Waals surface area contributed by atoms with Crippen LogP contribution in [-0.2, 0) is 0 Å². The molecule has 0 radical (unpaired) electrons. The Morgan fingerprint density at radius 3 is 3.00 bits per heavy atom. The third-order valence-corrected chi connectivity index (χ3v) is 2.36. The van der Waals surface area contributed by atoms with E-state index in [4.69, 9.17) is 5.84 Å². The van der Waals surface area contributed by atoms with E-state index >= 15 is 0 Å². The van der Waals surface area contributed by atoms with Gasteiger partial charge < -0.3 is 5.32 Å². The molecule has 0 amide bonds. The SMILES string of the molecule is Cc1cnc(NN)nc1NCC1CC1. The van der Waals surface area contributed by atoms with E-state index in [9.17, 15) is 0 Å². The van der Waals surface area contributed by atoms with Crippen LogP contribution in [0.3, 0.4) is 0 Å². The molecule has 1 fully saturated rings. The summed E-state index contributed by atoms with van der Waals surface area (Å²) in [6, 6.07) is 0. The van der Waals surface area contributed by atoms with Crippen molar-refractivity contribution in [3.05, 3.63) is 11.8 Å². The fourth-order valence-corrected chi connectivity index (χ4v) is 1.25. The van der Waals surface area contributed by atoms with E-state index in [1.54, 1.807) is 6.20 Å². The van der Waals surface area contributed by atoms with Crippen molar-refractivity contribution in [2.75, 3.05) is 17.3 Å². The zero-order chi connectivity index (χ0) is 9.97. The molecule has 14 heavy (non-hydrogen) atoms. The first kappa shape index (κ1) is 9.21. The van der Waals surface area contributed by atoms with Gasteiger partial charge in [0, 0.05) is 18.3 Å². The topological polar surface area (TPSA) is 75.9 Å². The molecule has 0 aliphatic heterocycles. The summed E-state index contributed by atoms with van der Waals surface area (Å²) in [6.07, 6.45) is 4.43. The minimum Gasteiger partial charge on any atom is -0.369 e. The number of aryl methyl sites for hydroxylation is 1. The largest absolute Gasteiger partial charge is 0.369 e. The van der Waals surface area contributed by atoms with Crippen molar-refractivity contribution in [2.45, 2.75) is 19.8 Å². The van der Waals surface area contributed by atoms with Crippen LogP contribution < -0.4 is 16.6 Å². The van der Waals surface area contributed by atoms with Crippen LogP contribution in [0, 0.1) is 12.8 Å². The van der Waals surface area contributed by atoms with Gasteiger partial charge in [-0.1, -0.05) is 0 Å². The summed E-state index contributed by atoms with van der Waals surface area (Å²) in [5, 5.41) is 3.30. The minimum atomic E-state index is 0.453. The lowest BCUT2D eigenvalue weighted by atomic mass is 10.3. The van der Waals surface area contributed by atoms with Gasteiger partial charge in [0.1, 0.15) is 5.82 Å². The molecule has 0 bridgehead atoms. The van der Waals surface area contributed by atoms with Crippen LogP contribution in [0.4, 0.5) is 11.8 Å². The molecule has 2 rings (SSSR count). The highest BCUT2D eigenvalue weighted by Gasteiger charge is 2.21. The first-order valence-electron chi connectivity index (χ1n) is 4.83. The van der Waals surface area contributed by atoms with Crippen molar-refractivity contribution in [3.63, 3.8) is 0 Å². The summed E-state index contributed by atoms with van der Waals surface area (Å²) >= 11 is 0. The molecule has 0 atom stereocenters. The standard InChI is InChI=1S/C9H15N5/c1-6-4-12-9(14-10)13-8(6)11-5-7-2-3-7/h4,7H,2-3,5,10H2,1H3,(H2,11,12,13,14). The van der Waals surface area contributed by atoms with Crippen LogP contribution in [0.5, 0.6) is 0 Å². The second-order valence-corrected chi connectivity index (χ2v) is 3.69. The number of aromatic nitrogens is 2. The number of rotatable bonds is 4. The Kier molecular flexibility index (Phi) is 2.49. The molecule has 0 aromatic carbocycles. The van der Waals surface area contributed by atoms with Crippen LogP contribution in [0.2, 0.25) is 0 Å². The predicted octanol–water partition coefficient (Wildman–Crippen LogP) is 0.893. The Bertz CT molecular complexity index is 321. The minimum absolute atomic E-state index is 0.453. The zero-order valence-corrected chi connectivity index (χ0v) is 8.25. The summed E-state index contributed by atoms with van der Waals surface area (Å²) in [5.41, 5.74) is 3.48. The number of hydrazine groups is 1. The Morgan fingerprint density at radius 1 is 1.57 bits per heavy atom. The highest BCUT2D eigenvalue weighted by Crippen LogP contribution is 2.29. The summed E-state index contributed by atoms with van der Waals surface area (Å²) in [5.74, 6) is 7.39. The third kappa shape index (κ3) is 2.11. The highest BCUT2D eigenvalue weighted by atomic mass is 15.3. The van der Waals surface area contributed by atoms with Gasteiger partial charge in [0.15, 0.2) is 0 Å². The lowest BCUT2D eigenvalue weighted by Crippen LogP contribution is -2.13. The number of hydrogen-bond donors (Lipinski definition) is 3. The molecule has 5 heteroatoms. The van der Waals surface area contributed by atoms with Crippen LogP contribution in [0.25, 0.3) is 0 Å². The lowest BCUT2D eigenvalue weighted by molar-refractivity contribution is 0.878. The van der Waals surface area contributed by atoms with Gasteiger partial charge in [-0.3, -0.25) is 5.43 Å². The number of nitrogens with one attached hydrogen (secondary N) is 2. The molecular weight excluding hydrogens is 178 g/mol. The van der Waals surface area contributed by atoms with Gasteiger partial charge in [0.2, 0.25) is 5.95 Å². The summed E-state index contributed by atoms with van der Waals surface area (Å²) in [4.78, 5) is 8.25. The number of nitrogens with two attached hydrogens (primary N) is 1. The monoisotopic (exact) mass is 193 g/mol. The van der Waals surface area contributed by atoms with Crippen molar-refractivity contribution in [1.29, 1.82) is 0 Å². The smallest absolute Gasteiger partial charge is 0.239 e. The van der Waals surface area contributed by atoms with Crippen molar-refractivity contribution < 1.29 is 0 Å². The highest BCUT2D eigenvalue weighted by molar-refractivity contribution is 5.46. The van der Waals surface area contributed by atoms with Crippen molar-refractivity contribution in [1.82, 2.24) is 9.97 Å². The first-order valence-corrected chi connectivity index (χ1v) is 4.83. The zero-order valence-electron chi connectivity index (χ0n) is 8.25. The molecule has 76 valence electrons. The number of hydrogen-bond acceptors (Lipinski definition) is 5. The maximum absolute atomic E-state index is 5.23. The van der Waals surface area contributed by atoms with Crippen molar-refractivity contribution >= 4 is 11.8 Å². The summed E-state index contributed by atoms with van der Waals surface area (Å²) in [6.45, 7) is 2.98. The molecule has 1 saturated carbocycles. The quantitative estimate of drug-likeness (QED) is 0.489. The predicted molar refractivity (Wildman–Crippen MR) is 55.8 cm³/mol. The average Bonchev–Trinajstić information content (AvgIpc) is 3.00. The van der Waals surface area contributed by atoms with E-state index in [1.165, 1.54) is 12.8 Å². The Labute approximate surface area is 83.1 Å². The number of anilines is 2. The molecule has 1 aromatic heterocycles. The fraction of sp³-hybridized carbons (Fsp3) is 0.556. The molecule has 4 N–H and O–H groups in total. The second-order valence-electron chi connectivity index (χ2n) is 3.69. The third-order valence-electron chi connectivity index (χ3n) is 2.36. The van der Waals surface area contributed by atoms with Gasteiger partial charge in [-0.25, -0.2) is 10.8 Å². The van der Waals surface area contributed by atoms with E-state index in [0.29, 0.717) is 5.95 Å². The molecule has 1 aliphatic rings. The van der Waals surface area contributed by atoms with Crippen molar-refractivity contribution in [2.24, 2.45) is 11.8 Å². The maximum Gasteiger partial charge on any atom is 0.239 e. The molecular formula is C9H15N5. The van der Waals surface area contributed by atoms with E-state index < -0.39 is 0 Å². The van der Waals surface area contributed by atoms with Gasteiger partial charge in [0.05, 0.1) is 0 Å². The van der Waals surface area contributed by atoms with Gasteiger partial charge in [0.25, 0.3) is 0 Å². The molecule has 1 heterocycles. The fourth-order valence-electron chi connectivity index (χ4n) is 1.25. The van der Waals surface area contributed by atoms with Crippen LogP contribution in [-0.4, -0.2) is 16.5 Å². The molecule has 0 saturated heterocycles. The molecule has 1 aliphatic carbocycles. The van der Waals surface area contributed by atoms with Gasteiger partial charge >= 0.3 is 0 Å². The molecule has 5 nitrogen and oxygen atoms in total. The van der Waals surface area contributed by atoms with Gasteiger partial charge in [-0.2, -0.15) is 4.98 Å². The Morgan fingerprint density at radius 2 is 2.36 bits per heavy atom. The lowest BCUT2D eigenvalue weighted by Gasteiger charge is -2.08. The normalized spacial score (nSPS) is 15.3. The van der Waals surface area contributed by atoms with Crippen LogP contribution in [0.15, 0.2) is 6.20 Å². The Balaban J connectivity index is 2.04. The van der Waals surface area contributed by atoms with E-state index in [1.807, 2.05) is 6.92 Å².